The fourth-order valence-corrected chi connectivity index (χ4v) is 10.5. The molecule has 0 aliphatic heterocycles. The first-order valence-corrected chi connectivity index (χ1v) is 22.6. The van der Waals surface area contributed by atoms with Crippen molar-refractivity contribution in [2.75, 3.05) is 9.80 Å². The van der Waals surface area contributed by atoms with Gasteiger partial charge in [0.1, 0.15) is 0 Å². The second-order valence-electron chi connectivity index (χ2n) is 16.2. The van der Waals surface area contributed by atoms with Crippen molar-refractivity contribution in [2.45, 2.75) is 0 Å². The van der Waals surface area contributed by atoms with Crippen LogP contribution in [0.5, 0.6) is 0 Å². The number of thiophene rings is 1. The number of benzene rings is 10. The lowest BCUT2D eigenvalue weighted by atomic mass is 10.0. The first-order valence-electron chi connectivity index (χ1n) is 21.7. The van der Waals surface area contributed by atoms with Crippen molar-refractivity contribution >= 4 is 87.4 Å². The van der Waals surface area contributed by atoms with Crippen molar-refractivity contribution in [3.8, 4) is 27.9 Å². The standard InChI is InChI=1S/C60H41N3S/c1-5-16-42(17-6-1)43-28-31-49(32-29-43)61(46-19-7-2-8-20-46)51-34-37-59-56(40-51)55-36-33-52(41-60(55)64-59)62(47-21-9-3-10-22-47)50-25-15-18-44(38-50)45-30-35-54-53-26-13-14-27-57(53)63(58(54)39-45)48-23-11-4-12-24-48/h1-41H. The van der Waals surface area contributed by atoms with Gasteiger partial charge in [0, 0.05) is 70.8 Å². The third-order valence-corrected chi connectivity index (χ3v) is 13.5. The van der Waals surface area contributed by atoms with E-state index in [0.717, 1.165) is 39.8 Å². The van der Waals surface area contributed by atoms with Crippen LogP contribution >= 0.6 is 11.3 Å². The zero-order valence-corrected chi connectivity index (χ0v) is 35.7. The van der Waals surface area contributed by atoms with E-state index in [0.29, 0.717) is 0 Å². The van der Waals surface area contributed by atoms with Crippen LogP contribution in [0.15, 0.2) is 249 Å². The lowest BCUT2D eigenvalue weighted by Crippen LogP contribution is -2.09. The van der Waals surface area contributed by atoms with Gasteiger partial charge in [-0.3, -0.25) is 0 Å². The maximum absolute atomic E-state index is 2.39. The number of para-hydroxylation sites is 4. The van der Waals surface area contributed by atoms with E-state index in [1.807, 2.05) is 11.3 Å². The average molecular weight is 836 g/mol. The summed E-state index contributed by atoms with van der Waals surface area (Å²) in [5.41, 5.74) is 15.0. The summed E-state index contributed by atoms with van der Waals surface area (Å²) in [5, 5.41) is 5.01. The van der Waals surface area contributed by atoms with Gasteiger partial charge < -0.3 is 14.4 Å². The van der Waals surface area contributed by atoms with Crippen molar-refractivity contribution in [1.82, 2.24) is 4.57 Å². The summed E-state index contributed by atoms with van der Waals surface area (Å²) in [6.07, 6.45) is 0. The number of fused-ring (bicyclic) bond motifs is 6. The number of anilines is 6. The van der Waals surface area contributed by atoms with Gasteiger partial charge in [-0.25, -0.2) is 0 Å². The second kappa shape index (κ2) is 15.9. The molecule has 0 amide bonds. The topological polar surface area (TPSA) is 11.4 Å². The van der Waals surface area contributed by atoms with Gasteiger partial charge in [0.05, 0.1) is 11.0 Å². The molecular formula is C60H41N3S. The zero-order chi connectivity index (χ0) is 42.4. The van der Waals surface area contributed by atoms with Gasteiger partial charge in [-0.1, -0.05) is 146 Å². The van der Waals surface area contributed by atoms with Gasteiger partial charge in [0.25, 0.3) is 0 Å². The molecule has 0 saturated carbocycles. The van der Waals surface area contributed by atoms with Crippen LogP contribution in [0.25, 0.3) is 69.9 Å². The van der Waals surface area contributed by atoms with Crippen molar-refractivity contribution in [2.24, 2.45) is 0 Å². The maximum Gasteiger partial charge on any atom is 0.0547 e. The normalized spacial score (nSPS) is 11.4. The lowest BCUT2D eigenvalue weighted by Gasteiger charge is -2.26. The van der Waals surface area contributed by atoms with Gasteiger partial charge in [-0.15, -0.1) is 11.3 Å². The van der Waals surface area contributed by atoms with Crippen LogP contribution in [0.4, 0.5) is 34.1 Å². The van der Waals surface area contributed by atoms with E-state index in [1.165, 1.54) is 64.2 Å². The number of rotatable bonds is 9. The van der Waals surface area contributed by atoms with Gasteiger partial charge >= 0.3 is 0 Å². The van der Waals surface area contributed by atoms with Crippen LogP contribution in [0.2, 0.25) is 0 Å². The lowest BCUT2D eigenvalue weighted by molar-refractivity contribution is 1.18. The first-order chi connectivity index (χ1) is 31.7. The van der Waals surface area contributed by atoms with E-state index >= 15 is 0 Å². The summed E-state index contributed by atoms with van der Waals surface area (Å²) in [4.78, 5) is 4.74. The predicted octanol–water partition coefficient (Wildman–Crippen LogP) is 17.4. The fourth-order valence-electron chi connectivity index (χ4n) is 9.34. The van der Waals surface area contributed by atoms with Crippen molar-refractivity contribution < 1.29 is 0 Å². The highest BCUT2D eigenvalue weighted by atomic mass is 32.1. The molecule has 0 bridgehead atoms. The Bertz CT molecular complexity index is 3600. The molecule has 0 saturated heterocycles. The van der Waals surface area contributed by atoms with Gasteiger partial charge in [-0.05, 0) is 125 Å². The molecular weight excluding hydrogens is 795 g/mol. The van der Waals surface area contributed by atoms with Crippen molar-refractivity contribution in [1.29, 1.82) is 0 Å². The molecule has 0 atom stereocenters. The van der Waals surface area contributed by atoms with Crippen molar-refractivity contribution in [3.05, 3.63) is 249 Å². The van der Waals surface area contributed by atoms with E-state index < -0.39 is 0 Å². The maximum atomic E-state index is 2.39. The molecule has 0 fully saturated rings. The molecule has 0 spiro atoms. The van der Waals surface area contributed by atoms with E-state index in [1.54, 1.807) is 0 Å². The van der Waals surface area contributed by atoms with Crippen LogP contribution in [0, 0.1) is 0 Å². The van der Waals surface area contributed by atoms with E-state index in [9.17, 15) is 0 Å². The predicted molar refractivity (Wildman–Crippen MR) is 274 cm³/mol. The third kappa shape index (κ3) is 6.69. The van der Waals surface area contributed by atoms with Crippen LogP contribution in [0.3, 0.4) is 0 Å². The molecule has 0 N–H and O–H groups in total. The number of nitrogens with zero attached hydrogens (tertiary/aromatic N) is 3. The molecule has 4 heteroatoms. The van der Waals surface area contributed by atoms with Crippen LogP contribution in [-0.4, -0.2) is 4.57 Å². The summed E-state index contributed by atoms with van der Waals surface area (Å²) in [5.74, 6) is 0. The summed E-state index contributed by atoms with van der Waals surface area (Å²) in [6, 6.07) is 90.0. The molecule has 10 aromatic carbocycles. The van der Waals surface area contributed by atoms with Gasteiger partial charge in [0.15, 0.2) is 0 Å². The van der Waals surface area contributed by atoms with E-state index in [2.05, 4.69) is 263 Å². The minimum Gasteiger partial charge on any atom is -0.310 e. The van der Waals surface area contributed by atoms with Crippen molar-refractivity contribution in [3.63, 3.8) is 0 Å². The zero-order valence-electron chi connectivity index (χ0n) is 34.9. The van der Waals surface area contributed by atoms with E-state index in [4.69, 9.17) is 0 Å². The quantitative estimate of drug-likeness (QED) is 0.143. The fraction of sp³-hybridized carbons (Fsp3) is 0. The molecule has 0 aliphatic rings. The summed E-state index contributed by atoms with van der Waals surface area (Å²) in [6.45, 7) is 0. The monoisotopic (exact) mass is 835 g/mol. The molecule has 64 heavy (non-hydrogen) atoms. The molecule has 302 valence electrons. The third-order valence-electron chi connectivity index (χ3n) is 12.3. The Hall–Kier alpha value is -8.18. The smallest absolute Gasteiger partial charge is 0.0547 e. The Morgan fingerprint density at radius 2 is 0.750 bits per heavy atom. The van der Waals surface area contributed by atoms with Gasteiger partial charge in [0.2, 0.25) is 0 Å². The van der Waals surface area contributed by atoms with E-state index in [-0.39, 0.29) is 0 Å². The highest BCUT2D eigenvalue weighted by Crippen LogP contribution is 2.44. The van der Waals surface area contributed by atoms with Crippen LogP contribution < -0.4 is 9.80 Å². The Balaban J connectivity index is 0.937. The minimum atomic E-state index is 1.10. The second-order valence-corrected chi connectivity index (χ2v) is 17.3. The highest BCUT2D eigenvalue weighted by molar-refractivity contribution is 7.25. The molecule has 2 aromatic heterocycles. The average Bonchev–Trinajstić information content (AvgIpc) is 3.90. The molecule has 3 nitrogen and oxygen atoms in total. The molecule has 0 unspecified atom stereocenters. The Morgan fingerprint density at radius 1 is 0.266 bits per heavy atom. The first kappa shape index (κ1) is 37.6. The molecule has 12 rings (SSSR count). The molecule has 2 heterocycles. The molecule has 12 aromatic rings. The number of hydrogen-bond donors (Lipinski definition) is 0. The Kier molecular flexibility index (Phi) is 9.36. The van der Waals surface area contributed by atoms with Crippen LogP contribution in [-0.2, 0) is 0 Å². The highest BCUT2D eigenvalue weighted by Gasteiger charge is 2.19. The SMILES string of the molecule is c1ccc(-c2ccc(N(c3ccccc3)c3ccc4sc5cc(N(c6ccccc6)c6cccc(-c7ccc8c9ccccc9n(-c9ccccc9)c8c7)c6)ccc5c4c3)cc2)cc1. The molecule has 0 radical (unpaired) electrons. The largest absolute Gasteiger partial charge is 0.310 e. The summed E-state index contributed by atoms with van der Waals surface area (Å²) < 4.78 is 4.90. The summed E-state index contributed by atoms with van der Waals surface area (Å²) >= 11 is 1.85. The Labute approximate surface area is 376 Å². The molecule has 0 aliphatic carbocycles. The summed E-state index contributed by atoms with van der Waals surface area (Å²) in [7, 11) is 0. The number of aromatic nitrogens is 1. The van der Waals surface area contributed by atoms with Crippen LogP contribution in [0.1, 0.15) is 0 Å². The number of hydrogen-bond acceptors (Lipinski definition) is 3. The Morgan fingerprint density at radius 3 is 1.50 bits per heavy atom. The minimum absolute atomic E-state index is 1.10. The van der Waals surface area contributed by atoms with Gasteiger partial charge in [-0.2, -0.15) is 0 Å².